The van der Waals surface area contributed by atoms with Crippen LogP contribution in [0.3, 0.4) is 0 Å². The van der Waals surface area contributed by atoms with Gasteiger partial charge in [-0.15, -0.1) is 0 Å². The van der Waals surface area contributed by atoms with Crippen LogP contribution in [0.5, 0.6) is 0 Å². The van der Waals surface area contributed by atoms with Gasteiger partial charge in [0.2, 0.25) is 0 Å². The van der Waals surface area contributed by atoms with Gasteiger partial charge in [0.1, 0.15) is 5.78 Å². The number of benzene rings is 1. The molecule has 1 fully saturated rings. The quantitative estimate of drug-likeness (QED) is 0.738. The van der Waals surface area contributed by atoms with Gasteiger partial charge < -0.3 is 0 Å². The van der Waals surface area contributed by atoms with Crippen molar-refractivity contribution in [3.63, 3.8) is 0 Å². The van der Waals surface area contributed by atoms with Crippen LogP contribution in [0.15, 0.2) is 18.2 Å². The summed E-state index contributed by atoms with van der Waals surface area (Å²) in [6.07, 6.45) is 5.16. The Balaban J connectivity index is 2.10. The van der Waals surface area contributed by atoms with Crippen LogP contribution in [0.1, 0.15) is 42.4 Å². The van der Waals surface area contributed by atoms with Crippen molar-refractivity contribution in [1.82, 2.24) is 0 Å². The lowest BCUT2D eigenvalue weighted by atomic mass is 9.83. The molecule has 16 heavy (non-hydrogen) atoms. The van der Waals surface area contributed by atoms with E-state index >= 15 is 0 Å². The van der Waals surface area contributed by atoms with Crippen LogP contribution >= 0.6 is 0 Å². The third-order valence-electron chi connectivity index (χ3n) is 3.44. The topological polar surface area (TPSA) is 17.1 Å². The number of carbonyl (C=O) groups is 1. The van der Waals surface area contributed by atoms with E-state index in [0.717, 1.165) is 25.7 Å². The molecule has 1 nitrogen and oxygen atoms in total. The summed E-state index contributed by atoms with van der Waals surface area (Å²) in [7, 11) is 0. The lowest BCUT2D eigenvalue weighted by Gasteiger charge is -2.20. The molecule has 1 aromatic carbocycles. The van der Waals surface area contributed by atoms with Crippen LogP contribution in [-0.2, 0) is 11.2 Å². The van der Waals surface area contributed by atoms with Crippen molar-refractivity contribution >= 4 is 5.78 Å². The molecule has 0 aromatic heterocycles. The Morgan fingerprint density at radius 1 is 1.12 bits per heavy atom. The first-order valence-electron chi connectivity index (χ1n) is 6.25. The summed E-state index contributed by atoms with van der Waals surface area (Å²) >= 11 is 0. The Morgan fingerprint density at radius 3 is 2.44 bits per heavy atom. The molecule has 1 unspecified atom stereocenters. The first kappa shape index (κ1) is 11.4. The Hall–Kier alpha value is -1.11. The molecule has 1 aromatic rings. The number of rotatable bonds is 2. The van der Waals surface area contributed by atoms with Gasteiger partial charge in [-0.2, -0.15) is 0 Å². The third kappa shape index (κ3) is 2.72. The third-order valence-corrected chi connectivity index (χ3v) is 3.44. The fraction of sp³-hybridized carbons (Fsp3) is 0.533. The van der Waals surface area contributed by atoms with Gasteiger partial charge in [-0.05, 0) is 38.7 Å². The molecule has 1 heteroatoms. The van der Waals surface area contributed by atoms with Crippen LogP contribution in [0.2, 0.25) is 0 Å². The summed E-state index contributed by atoms with van der Waals surface area (Å²) in [5.41, 5.74) is 3.94. The van der Waals surface area contributed by atoms with Gasteiger partial charge in [-0.25, -0.2) is 0 Å². The highest BCUT2D eigenvalue weighted by atomic mass is 16.1. The first-order valence-corrected chi connectivity index (χ1v) is 6.25. The summed E-state index contributed by atoms with van der Waals surface area (Å²) < 4.78 is 0. The lowest BCUT2D eigenvalue weighted by Crippen LogP contribution is -2.21. The molecular weight excluding hydrogens is 196 g/mol. The Morgan fingerprint density at radius 2 is 1.81 bits per heavy atom. The number of hydrogen-bond acceptors (Lipinski definition) is 1. The van der Waals surface area contributed by atoms with E-state index in [0.29, 0.717) is 5.78 Å². The number of aryl methyl sites for hydroxylation is 2. The monoisotopic (exact) mass is 216 g/mol. The maximum atomic E-state index is 11.8. The SMILES string of the molecule is Cc1cc(C)cc(CC2CCCCC2=O)c1. The highest BCUT2D eigenvalue weighted by Gasteiger charge is 2.22. The fourth-order valence-corrected chi connectivity index (χ4v) is 2.74. The van der Waals surface area contributed by atoms with Gasteiger partial charge >= 0.3 is 0 Å². The zero-order chi connectivity index (χ0) is 11.5. The maximum absolute atomic E-state index is 11.8. The second kappa shape index (κ2) is 4.82. The summed E-state index contributed by atoms with van der Waals surface area (Å²) in [5, 5.41) is 0. The molecule has 0 saturated heterocycles. The Labute approximate surface area is 97.9 Å². The molecule has 1 aliphatic carbocycles. The van der Waals surface area contributed by atoms with E-state index in [-0.39, 0.29) is 5.92 Å². The van der Waals surface area contributed by atoms with Crippen molar-refractivity contribution in [3.8, 4) is 0 Å². The number of carbonyl (C=O) groups excluding carboxylic acids is 1. The molecule has 1 atom stereocenters. The number of Topliss-reactive ketones (excluding diaryl/α,β-unsaturated/α-hetero) is 1. The molecule has 0 heterocycles. The average Bonchev–Trinajstić information content (AvgIpc) is 2.20. The standard InChI is InChI=1S/C15H20O/c1-11-7-12(2)9-13(8-11)10-14-5-3-4-6-15(14)16/h7-9,14H,3-6,10H2,1-2H3. The first-order chi connectivity index (χ1) is 7.65. The second-order valence-corrected chi connectivity index (χ2v) is 5.11. The Kier molecular flexibility index (Phi) is 3.42. The van der Waals surface area contributed by atoms with Crippen molar-refractivity contribution in [2.24, 2.45) is 5.92 Å². The van der Waals surface area contributed by atoms with E-state index in [2.05, 4.69) is 32.0 Å². The zero-order valence-corrected chi connectivity index (χ0v) is 10.3. The van der Waals surface area contributed by atoms with Gasteiger partial charge in [0.25, 0.3) is 0 Å². The number of hydrogen-bond donors (Lipinski definition) is 0. The summed E-state index contributed by atoms with van der Waals surface area (Å²) in [6, 6.07) is 6.62. The molecule has 0 bridgehead atoms. The van der Waals surface area contributed by atoms with Crippen molar-refractivity contribution < 1.29 is 4.79 Å². The van der Waals surface area contributed by atoms with Crippen LogP contribution in [-0.4, -0.2) is 5.78 Å². The molecule has 1 aliphatic rings. The van der Waals surface area contributed by atoms with E-state index in [1.807, 2.05) is 0 Å². The van der Waals surface area contributed by atoms with E-state index < -0.39 is 0 Å². The van der Waals surface area contributed by atoms with Gasteiger partial charge in [0, 0.05) is 12.3 Å². The summed E-state index contributed by atoms with van der Waals surface area (Å²) in [5.74, 6) is 0.764. The molecule has 86 valence electrons. The van der Waals surface area contributed by atoms with Crippen LogP contribution < -0.4 is 0 Å². The minimum atomic E-state index is 0.287. The average molecular weight is 216 g/mol. The van der Waals surface area contributed by atoms with Crippen LogP contribution in [0, 0.1) is 19.8 Å². The van der Waals surface area contributed by atoms with Gasteiger partial charge in [0.15, 0.2) is 0 Å². The predicted octanol–water partition coefficient (Wildman–Crippen LogP) is 3.61. The van der Waals surface area contributed by atoms with E-state index in [4.69, 9.17) is 0 Å². The smallest absolute Gasteiger partial charge is 0.136 e. The normalized spacial score (nSPS) is 21.1. The van der Waals surface area contributed by atoms with E-state index in [1.54, 1.807) is 0 Å². The highest BCUT2D eigenvalue weighted by molar-refractivity contribution is 5.81. The minimum absolute atomic E-state index is 0.287. The zero-order valence-electron chi connectivity index (χ0n) is 10.3. The second-order valence-electron chi connectivity index (χ2n) is 5.11. The van der Waals surface area contributed by atoms with Crippen molar-refractivity contribution in [2.45, 2.75) is 46.0 Å². The number of ketones is 1. The maximum Gasteiger partial charge on any atom is 0.136 e. The molecule has 0 aliphatic heterocycles. The van der Waals surface area contributed by atoms with E-state index in [9.17, 15) is 4.79 Å². The predicted molar refractivity (Wildman–Crippen MR) is 66.6 cm³/mol. The molecule has 1 saturated carbocycles. The molecular formula is C15H20O. The lowest BCUT2D eigenvalue weighted by molar-refractivity contribution is -0.124. The largest absolute Gasteiger partial charge is 0.299 e. The van der Waals surface area contributed by atoms with Crippen LogP contribution in [0.25, 0.3) is 0 Å². The van der Waals surface area contributed by atoms with Crippen molar-refractivity contribution in [2.75, 3.05) is 0 Å². The summed E-state index contributed by atoms with van der Waals surface area (Å²) in [4.78, 5) is 11.8. The highest BCUT2D eigenvalue weighted by Crippen LogP contribution is 2.24. The van der Waals surface area contributed by atoms with Crippen LogP contribution in [0.4, 0.5) is 0 Å². The molecule has 2 rings (SSSR count). The van der Waals surface area contributed by atoms with Crippen molar-refractivity contribution in [3.05, 3.63) is 34.9 Å². The van der Waals surface area contributed by atoms with Gasteiger partial charge in [-0.3, -0.25) is 4.79 Å². The van der Waals surface area contributed by atoms with Gasteiger partial charge in [0.05, 0.1) is 0 Å². The molecule has 0 amide bonds. The molecule has 0 N–H and O–H groups in total. The van der Waals surface area contributed by atoms with E-state index in [1.165, 1.54) is 23.1 Å². The summed E-state index contributed by atoms with van der Waals surface area (Å²) in [6.45, 7) is 4.25. The van der Waals surface area contributed by atoms with Gasteiger partial charge in [-0.1, -0.05) is 35.7 Å². The van der Waals surface area contributed by atoms with Crippen molar-refractivity contribution in [1.29, 1.82) is 0 Å². The Bertz CT molecular complexity index is 372. The molecule has 0 radical (unpaired) electrons. The molecule has 0 spiro atoms. The minimum Gasteiger partial charge on any atom is -0.299 e. The fourth-order valence-electron chi connectivity index (χ4n) is 2.74.